The second kappa shape index (κ2) is 18.1. The van der Waals surface area contributed by atoms with Gasteiger partial charge in [0.25, 0.3) is 0 Å². The molecule has 0 aromatic carbocycles. The first-order valence-electron chi connectivity index (χ1n) is 12.3. The van der Waals surface area contributed by atoms with Crippen molar-refractivity contribution in [3.8, 4) is 0 Å². The summed E-state index contributed by atoms with van der Waals surface area (Å²) in [5, 5.41) is 0. The van der Waals surface area contributed by atoms with E-state index in [9.17, 15) is 4.79 Å². The van der Waals surface area contributed by atoms with E-state index in [0.717, 1.165) is 26.2 Å². The van der Waals surface area contributed by atoms with Crippen molar-refractivity contribution in [1.29, 1.82) is 0 Å². The van der Waals surface area contributed by atoms with E-state index in [1.807, 2.05) is 0 Å². The van der Waals surface area contributed by atoms with Crippen molar-refractivity contribution in [2.75, 3.05) is 0 Å². The molecule has 0 spiro atoms. The molecule has 0 aliphatic heterocycles. The van der Waals surface area contributed by atoms with Crippen LogP contribution in [0.2, 0.25) is 13.3 Å². The first-order chi connectivity index (χ1) is 14.2. The van der Waals surface area contributed by atoms with E-state index in [1.54, 1.807) is 0 Å². The van der Waals surface area contributed by atoms with Crippen molar-refractivity contribution in [2.24, 2.45) is 0 Å². The first-order valence-corrected chi connectivity index (χ1v) is 19.5. The molecule has 0 aliphatic rings. The zero-order chi connectivity index (χ0) is 22.8. The molecule has 0 aromatic heterocycles. The van der Waals surface area contributed by atoms with Crippen LogP contribution in [0.5, 0.6) is 0 Å². The van der Waals surface area contributed by atoms with Crippen molar-refractivity contribution in [3.05, 3.63) is 34.9 Å². The van der Waals surface area contributed by atoms with Crippen molar-refractivity contribution in [2.45, 2.75) is 126 Å². The quantitative estimate of drug-likeness (QED) is 0.107. The Balaban J connectivity index is 4.74. The van der Waals surface area contributed by atoms with E-state index < -0.39 is 18.8 Å². The Kier molecular flexibility index (Phi) is 17.8. The van der Waals surface area contributed by atoms with Crippen LogP contribution >= 0.6 is 0 Å². The number of carbonyl (C=O) groups excluding carboxylic acids is 1. The summed E-state index contributed by atoms with van der Waals surface area (Å²) in [6.07, 6.45) is 19.0. The maximum atomic E-state index is 12.8. The number of hydrogen-bond acceptors (Lipinski definition) is 2. The van der Waals surface area contributed by atoms with Crippen LogP contribution in [0.1, 0.15) is 113 Å². The summed E-state index contributed by atoms with van der Waals surface area (Å²) in [5.74, 6) is 0.0558. The third kappa shape index (κ3) is 17.2. The molecular formula is C27H50O2Sn. The Morgan fingerprint density at radius 2 is 1.00 bits per heavy atom. The summed E-state index contributed by atoms with van der Waals surface area (Å²) in [7, 11) is 0. The molecule has 174 valence electrons. The molecule has 0 radical (unpaired) electrons. The van der Waals surface area contributed by atoms with Gasteiger partial charge in [0.05, 0.1) is 0 Å². The summed E-state index contributed by atoms with van der Waals surface area (Å²) in [5.41, 5.74) is 3.96. The maximum absolute atomic E-state index is 12.8. The molecule has 0 heterocycles. The molecule has 3 heteroatoms. The van der Waals surface area contributed by atoms with Crippen LogP contribution in [0.25, 0.3) is 0 Å². The van der Waals surface area contributed by atoms with Gasteiger partial charge in [-0.05, 0) is 0 Å². The van der Waals surface area contributed by atoms with Gasteiger partial charge >= 0.3 is 187 Å². The van der Waals surface area contributed by atoms with Gasteiger partial charge in [0, 0.05) is 0 Å². The third-order valence-corrected chi connectivity index (χ3v) is 15.5. The topological polar surface area (TPSA) is 26.3 Å². The average molecular weight is 525 g/mol. The van der Waals surface area contributed by atoms with Crippen LogP contribution in [-0.4, -0.2) is 24.8 Å². The van der Waals surface area contributed by atoms with E-state index in [0.29, 0.717) is 6.42 Å². The fraction of sp³-hybridized carbons (Fsp3) is 0.741. The van der Waals surface area contributed by atoms with Crippen LogP contribution in [-0.2, 0) is 7.87 Å². The molecule has 0 amide bonds. The Morgan fingerprint density at radius 1 is 0.633 bits per heavy atom. The predicted molar refractivity (Wildman–Crippen MR) is 136 cm³/mol. The van der Waals surface area contributed by atoms with E-state index in [2.05, 4.69) is 66.7 Å². The molecule has 2 nitrogen and oxygen atoms in total. The normalized spacial score (nSPS) is 11.0. The Labute approximate surface area is 193 Å². The predicted octanol–water partition coefficient (Wildman–Crippen LogP) is 9.29. The van der Waals surface area contributed by atoms with Gasteiger partial charge in [0.2, 0.25) is 0 Å². The SMILES string of the molecule is CCCCCCCCCCCC(=O)[O][Sn]([CH2]C=C(C)C)([CH2]C=C(C)C)[CH2]C=C(C)C. The van der Waals surface area contributed by atoms with Gasteiger partial charge in [0.1, 0.15) is 0 Å². The van der Waals surface area contributed by atoms with Gasteiger partial charge < -0.3 is 0 Å². The van der Waals surface area contributed by atoms with E-state index in [-0.39, 0.29) is 5.97 Å². The Bertz CT molecular complexity index is 495. The zero-order valence-corrected chi connectivity index (χ0v) is 24.1. The van der Waals surface area contributed by atoms with Crippen LogP contribution in [0.4, 0.5) is 0 Å². The number of rotatable bonds is 17. The molecular weight excluding hydrogens is 475 g/mol. The minimum absolute atomic E-state index is 0.0558. The molecule has 0 fully saturated rings. The van der Waals surface area contributed by atoms with Crippen LogP contribution in [0.3, 0.4) is 0 Å². The Morgan fingerprint density at radius 3 is 1.37 bits per heavy atom. The molecule has 0 aromatic rings. The molecule has 0 atom stereocenters. The van der Waals surface area contributed by atoms with Crippen LogP contribution in [0, 0.1) is 0 Å². The molecule has 0 N–H and O–H groups in total. The van der Waals surface area contributed by atoms with Crippen LogP contribution in [0.15, 0.2) is 34.9 Å². The zero-order valence-electron chi connectivity index (χ0n) is 21.2. The third-order valence-electron chi connectivity index (χ3n) is 5.46. The van der Waals surface area contributed by atoms with Crippen molar-refractivity contribution < 1.29 is 7.87 Å². The minimum atomic E-state index is -3.12. The van der Waals surface area contributed by atoms with E-state index >= 15 is 0 Å². The van der Waals surface area contributed by atoms with Gasteiger partial charge in [-0.2, -0.15) is 0 Å². The van der Waals surface area contributed by atoms with Crippen molar-refractivity contribution >= 4 is 24.8 Å². The summed E-state index contributed by atoms with van der Waals surface area (Å²) < 4.78 is 9.34. The van der Waals surface area contributed by atoms with Gasteiger partial charge in [-0.3, -0.25) is 0 Å². The monoisotopic (exact) mass is 526 g/mol. The second-order valence-corrected chi connectivity index (χ2v) is 20.5. The fourth-order valence-corrected chi connectivity index (χ4v) is 13.9. The number of carbonyl (C=O) groups is 1. The standard InChI is InChI=1S/C12H24O2.3C5H9.Sn/c1-2-3-4-5-6-7-8-9-10-11-12(13)14;3*1-4-5(2)3;/h2-11H2,1H3,(H,13,14);3*4H,1H2,2-3H3;/q;;;;+1/p-1. The molecule has 0 saturated carbocycles. The molecule has 0 bridgehead atoms. The van der Waals surface area contributed by atoms with Gasteiger partial charge in [-0.25, -0.2) is 0 Å². The fourth-order valence-electron chi connectivity index (χ4n) is 3.42. The summed E-state index contributed by atoms with van der Waals surface area (Å²) >= 11 is -3.12. The number of unbranched alkanes of at least 4 members (excludes halogenated alkanes) is 8. The number of hydrogen-bond donors (Lipinski definition) is 0. The molecule has 0 saturated heterocycles. The average Bonchev–Trinajstić information content (AvgIpc) is 2.67. The van der Waals surface area contributed by atoms with Crippen LogP contribution < -0.4 is 0 Å². The summed E-state index contributed by atoms with van der Waals surface area (Å²) in [6.45, 7) is 15.1. The van der Waals surface area contributed by atoms with Crippen molar-refractivity contribution in [3.63, 3.8) is 0 Å². The second-order valence-electron chi connectivity index (χ2n) is 9.69. The Hall–Kier alpha value is -0.511. The summed E-state index contributed by atoms with van der Waals surface area (Å²) in [4.78, 5) is 12.8. The van der Waals surface area contributed by atoms with Crippen molar-refractivity contribution in [1.82, 2.24) is 0 Å². The summed E-state index contributed by atoms with van der Waals surface area (Å²) in [6, 6.07) is 0. The first kappa shape index (κ1) is 29.5. The molecule has 0 rings (SSSR count). The molecule has 0 unspecified atom stereocenters. The van der Waals surface area contributed by atoms with E-state index in [1.165, 1.54) is 61.7 Å². The van der Waals surface area contributed by atoms with Gasteiger partial charge in [-0.15, -0.1) is 0 Å². The number of allylic oxidation sites excluding steroid dienone is 6. The van der Waals surface area contributed by atoms with Gasteiger partial charge in [-0.1, -0.05) is 6.92 Å². The van der Waals surface area contributed by atoms with Gasteiger partial charge in [0.15, 0.2) is 0 Å². The molecule has 30 heavy (non-hydrogen) atoms. The van der Waals surface area contributed by atoms with E-state index in [4.69, 9.17) is 3.07 Å². The molecule has 0 aliphatic carbocycles.